The Morgan fingerprint density at radius 3 is 2.85 bits per heavy atom. The van der Waals surface area contributed by atoms with Crippen LogP contribution in [0.25, 0.3) is 0 Å². The number of piperidine rings is 1. The van der Waals surface area contributed by atoms with Crippen LogP contribution in [0.4, 0.5) is 0 Å². The fraction of sp³-hybridized carbons (Fsp3) is 0.889. The number of nitrogens with zero attached hydrogens (tertiary/aromatic N) is 2. The summed E-state index contributed by atoms with van der Waals surface area (Å²) < 4.78 is 5.45. The Kier molecular flexibility index (Phi) is 3.14. The number of nitrogens with two attached hydrogens (primary N) is 1. The average molecular weight is 185 g/mol. The van der Waals surface area contributed by atoms with Crippen molar-refractivity contribution in [1.29, 1.82) is 0 Å². The molecule has 1 aliphatic rings. The molecule has 0 bridgehead atoms. The maximum absolute atomic E-state index is 5.74. The molecule has 76 valence electrons. The molecule has 1 atom stereocenters. The first-order valence-corrected chi connectivity index (χ1v) is 4.64. The topological polar surface area (TPSA) is 50.8 Å². The third kappa shape index (κ3) is 2.34. The molecule has 1 saturated heterocycles. The Hall–Kier alpha value is -0.770. The molecule has 1 rings (SSSR count). The van der Waals surface area contributed by atoms with Crippen LogP contribution in [0.1, 0.15) is 19.8 Å². The highest BCUT2D eigenvalue weighted by molar-refractivity contribution is 5.78. The summed E-state index contributed by atoms with van der Waals surface area (Å²) in [5.41, 5.74) is 5.68. The monoisotopic (exact) mass is 185 g/mol. The van der Waals surface area contributed by atoms with Gasteiger partial charge < -0.3 is 15.4 Å². The normalized spacial score (nSPS) is 30.7. The van der Waals surface area contributed by atoms with Crippen LogP contribution in [0.5, 0.6) is 0 Å². The standard InChI is InChI=1S/C9H19N3O/c1-9(13-3)5-4-6-12(7-9)8(10)11-2/h4-7H2,1-3H3,(H2,10,11). The van der Waals surface area contributed by atoms with Crippen molar-refractivity contribution in [2.75, 3.05) is 27.2 Å². The summed E-state index contributed by atoms with van der Waals surface area (Å²) in [6, 6.07) is 0. The molecule has 0 aliphatic carbocycles. The summed E-state index contributed by atoms with van der Waals surface area (Å²) >= 11 is 0. The van der Waals surface area contributed by atoms with E-state index in [1.54, 1.807) is 14.2 Å². The van der Waals surface area contributed by atoms with Gasteiger partial charge in [0, 0.05) is 27.2 Å². The van der Waals surface area contributed by atoms with Gasteiger partial charge in [-0.05, 0) is 19.8 Å². The van der Waals surface area contributed by atoms with Gasteiger partial charge in [0.25, 0.3) is 0 Å². The Labute approximate surface area is 79.8 Å². The minimum Gasteiger partial charge on any atom is -0.377 e. The number of methoxy groups -OCH3 is 1. The van der Waals surface area contributed by atoms with Gasteiger partial charge in [0.15, 0.2) is 5.96 Å². The lowest BCUT2D eigenvalue weighted by Crippen LogP contribution is -2.51. The quantitative estimate of drug-likeness (QED) is 0.476. The average Bonchev–Trinajstić information content (AvgIpc) is 2.17. The van der Waals surface area contributed by atoms with E-state index in [1.165, 1.54) is 0 Å². The molecule has 0 saturated carbocycles. The van der Waals surface area contributed by atoms with Crippen LogP contribution < -0.4 is 5.73 Å². The third-order valence-corrected chi connectivity index (χ3v) is 2.70. The molecule has 4 nitrogen and oxygen atoms in total. The van der Waals surface area contributed by atoms with Crippen molar-refractivity contribution in [2.24, 2.45) is 10.7 Å². The van der Waals surface area contributed by atoms with Crippen LogP contribution in [-0.4, -0.2) is 43.7 Å². The van der Waals surface area contributed by atoms with Gasteiger partial charge >= 0.3 is 0 Å². The van der Waals surface area contributed by atoms with Crippen LogP contribution in [0.2, 0.25) is 0 Å². The van der Waals surface area contributed by atoms with Crippen molar-refractivity contribution in [1.82, 2.24) is 4.90 Å². The van der Waals surface area contributed by atoms with Crippen LogP contribution in [-0.2, 0) is 4.74 Å². The SMILES string of the molecule is CN=C(N)N1CCCC(C)(OC)C1. The van der Waals surface area contributed by atoms with E-state index in [0.29, 0.717) is 5.96 Å². The molecule has 0 aromatic rings. The third-order valence-electron chi connectivity index (χ3n) is 2.70. The molecule has 0 aromatic heterocycles. The molecule has 0 aromatic carbocycles. The number of hydrogen-bond acceptors (Lipinski definition) is 2. The smallest absolute Gasteiger partial charge is 0.191 e. The Balaban J connectivity index is 2.61. The lowest BCUT2D eigenvalue weighted by atomic mass is 9.95. The molecule has 1 fully saturated rings. The summed E-state index contributed by atoms with van der Waals surface area (Å²) in [6.07, 6.45) is 2.21. The van der Waals surface area contributed by atoms with Gasteiger partial charge in [0.2, 0.25) is 0 Å². The Bertz CT molecular complexity index is 205. The zero-order chi connectivity index (χ0) is 9.90. The minimum absolute atomic E-state index is 0.0619. The van der Waals surface area contributed by atoms with Gasteiger partial charge in [-0.1, -0.05) is 0 Å². The summed E-state index contributed by atoms with van der Waals surface area (Å²) in [7, 11) is 3.47. The van der Waals surface area contributed by atoms with E-state index in [2.05, 4.69) is 16.8 Å². The zero-order valence-corrected chi connectivity index (χ0v) is 8.71. The fourth-order valence-corrected chi connectivity index (χ4v) is 1.71. The molecular formula is C9H19N3O. The maximum atomic E-state index is 5.74. The van der Waals surface area contributed by atoms with Crippen molar-refractivity contribution in [3.05, 3.63) is 0 Å². The highest BCUT2D eigenvalue weighted by Crippen LogP contribution is 2.23. The number of likely N-dealkylation sites (tertiary alicyclic amines) is 1. The first-order valence-electron chi connectivity index (χ1n) is 4.64. The molecule has 1 unspecified atom stereocenters. The lowest BCUT2D eigenvalue weighted by Gasteiger charge is -2.39. The Morgan fingerprint density at radius 1 is 1.62 bits per heavy atom. The van der Waals surface area contributed by atoms with Crippen LogP contribution in [0.15, 0.2) is 4.99 Å². The predicted molar refractivity (Wildman–Crippen MR) is 53.8 cm³/mol. The van der Waals surface area contributed by atoms with Crippen molar-refractivity contribution in [3.63, 3.8) is 0 Å². The van der Waals surface area contributed by atoms with E-state index in [4.69, 9.17) is 10.5 Å². The molecular weight excluding hydrogens is 166 g/mol. The second-order valence-corrected chi connectivity index (χ2v) is 3.76. The van der Waals surface area contributed by atoms with Crippen LogP contribution >= 0.6 is 0 Å². The van der Waals surface area contributed by atoms with Crippen LogP contribution in [0, 0.1) is 0 Å². The van der Waals surface area contributed by atoms with Gasteiger partial charge in [-0.15, -0.1) is 0 Å². The first kappa shape index (κ1) is 10.3. The van der Waals surface area contributed by atoms with Gasteiger partial charge in [-0.2, -0.15) is 0 Å². The van der Waals surface area contributed by atoms with Gasteiger partial charge in [0.05, 0.1) is 5.60 Å². The molecule has 4 heteroatoms. The molecule has 0 amide bonds. The van der Waals surface area contributed by atoms with Crippen molar-refractivity contribution >= 4 is 5.96 Å². The summed E-state index contributed by atoms with van der Waals surface area (Å²) in [5, 5.41) is 0. The highest BCUT2D eigenvalue weighted by Gasteiger charge is 2.31. The number of guanidine groups is 1. The zero-order valence-electron chi connectivity index (χ0n) is 8.71. The van der Waals surface area contributed by atoms with Crippen molar-refractivity contribution < 1.29 is 4.74 Å². The number of rotatable bonds is 1. The van der Waals surface area contributed by atoms with Crippen LogP contribution in [0.3, 0.4) is 0 Å². The molecule has 1 heterocycles. The van der Waals surface area contributed by atoms with E-state index in [-0.39, 0.29) is 5.60 Å². The number of hydrogen-bond donors (Lipinski definition) is 1. The van der Waals surface area contributed by atoms with Crippen molar-refractivity contribution in [3.8, 4) is 0 Å². The number of aliphatic imine (C=N–C) groups is 1. The fourth-order valence-electron chi connectivity index (χ4n) is 1.71. The van der Waals surface area contributed by atoms with Gasteiger partial charge in [0.1, 0.15) is 0 Å². The van der Waals surface area contributed by atoms with Gasteiger partial charge in [-0.25, -0.2) is 0 Å². The Morgan fingerprint density at radius 2 is 2.31 bits per heavy atom. The van der Waals surface area contributed by atoms with E-state index >= 15 is 0 Å². The molecule has 2 N–H and O–H groups in total. The van der Waals surface area contributed by atoms with Crippen molar-refractivity contribution in [2.45, 2.75) is 25.4 Å². The lowest BCUT2D eigenvalue weighted by molar-refractivity contribution is -0.0351. The molecule has 0 radical (unpaired) electrons. The maximum Gasteiger partial charge on any atom is 0.191 e. The van der Waals surface area contributed by atoms with Gasteiger partial charge in [-0.3, -0.25) is 4.99 Å². The second kappa shape index (κ2) is 3.96. The minimum atomic E-state index is -0.0619. The van der Waals surface area contributed by atoms with E-state index in [0.717, 1.165) is 25.9 Å². The molecule has 0 spiro atoms. The largest absolute Gasteiger partial charge is 0.377 e. The first-order chi connectivity index (χ1) is 6.11. The predicted octanol–water partition coefficient (Wildman–Crippen LogP) is 0.432. The summed E-state index contributed by atoms with van der Waals surface area (Å²) in [6.45, 7) is 3.94. The van der Waals surface area contributed by atoms with E-state index in [9.17, 15) is 0 Å². The number of ether oxygens (including phenoxy) is 1. The molecule has 1 aliphatic heterocycles. The summed E-state index contributed by atoms with van der Waals surface area (Å²) in [5.74, 6) is 0.614. The van der Waals surface area contributed by atoms with E-state index < -0.39 is 0 Å². The summed E-state index contributed by atoms with van der Waals surface area (Å²) in [4.78, 5) is 6.05. The molecule has 13 heavy (non-hydrogen) atoms. The second-order valence-electron chi connectivity index (χ2n) is 3.76. The highest BCUT2D eigenvalue weighted by atomic mass is 16.5. The van der Waals surface area contributed by atoms with E-state index in [1.807, 2.05) is 0 Å².